The van der Waals surface area contributed by atoms with Gasteiger partial charge in [-0.25, -0.2) is 14.8 Å². The number of aromatic nitrogens is 3. The van der Waals surface area contributed by atoms with Gasteiger partial charge in [-0.3, -0.25) is 19.5 Å². The first-order valence-electron chi connectivity index (χ1n) is 14.1. The van der Waals surface area contributed by atoms with Crippen LogP contribution in [0.2, 0.25) is 0 Å². The molecular formula is C30H36N8O5. The molecule has 2 saturated heterocycles. The maximum Gasteiger partial charge on any atom is 0.410 e. The second-order valence-electron chi connectivity index (χ2n) is 11.3. The molecule has 43 heavy (non-hydrogen) atoms. The third-order valence-corrected chi connectivity index (χ3v) is 7.01. The van der Waals surface area contributed by atoms with Crippen LogP contribution in [0.5, 0.6) is 0 Å². The van der Waals surface area contributed by atoms with Crippen molar-refractivity contribution in [3.63, 3.8) is 0 Å². The predicted octanol–water partition coefficient (Wildman–Crippen LogP) is 2.79. The number of nitrogens with one attached hydrogen (secondary N) is 1. The zero-order chi connectivity index (χ0) is 30.6. The van der Waals surface area contributed by atoms with Gasteiger partial charge in [0.05, 0.1) is 42.7 Å². The van der Waals surface area contributed by atoms with Gasteiger partial charge >= 0.3 is 6.09 Å². The first kappa shape index (κ1) is 29.7. The van der Waals surface area contributed by atoms with Gasteiger partial charge in [-0.05, 0) is 32.4 Å². The van der Waals surface area contributed by atoms with Crippen molar-refractivity contribution in [3.8, 4) is 11.3 Å². The molecule has 3 N–H and O–H groups in total. The molecule has 1 aromatic carbocycles. The van der Waals surface area contributed by atoms with Crippen LogP contribution in [-0.4, -0.2) is 94.2 Å². The normalized spacial score (nSPS) is 15.8. The number of carbonyl (C=O) groups excluding carboxylic acids is 3. The third-order valence-electron chi connectivity index (χ3n) is 7.01. The number of anilines is 3. The van der Waals surface area contributed by atoms with Gasteiger partial charge in [0, 0.05) is 44.5 Å². The monoisotopic (exact) mass is 588 g/mol. The Hall–Kier alpha value is -4.78. The third kappa shape index (κ3) is 7.36. The highest BCUT2D eigenvalue weighted by Gasteiger charge is 2.30. The summed E-state index contributed by atoms with van der Waals surface area (Å²) in [5.74, 6) is -0.625. The van der Waals surface area contributed by atoms with Gasteiger partial charge in [-0.15, -0.1) is 0 Å². The van der Waals surface area contributed by atoms with Crippen LogP contribution in [-0.2, 0) is 20.8 Å². The summed E-state index contributed by atoms with van der Waals surface area (Å²) in [5, 5.41) is 2.89. The van der Waals surface area contributed by atoms with E-state index in [1.165, 1.54) is 11.1 Å². The smallest absolute Gasteiger partial charge is 0.410 e. The number of hydrogen-bond acceptors (Lipinski definition) is 10. The SMILES string of the molecule is CC(C)(C)OC(=O)N1CCN(Cc2ccc(-c3cnc(N)c(C(=O)Nc4cnccc4N4CCOCC4)n3)cc2)C(=O)C1. The first-order valence-corrected chi connectivity index (χ1v) is 14.1. The van der Waals surface area contributed by atoms with Crippen molar-refractivity contribution in [1.29, 1.82) is 0 Å². The van der Waals surface area contributed by atoms with E-state index in [9.17, 15) is 14.4 Å². The lowest BCUT2D eigenvalue weighted by Crippen LogP contribution is -2.52. The van der Waals surface area contributed by atoms with E-state index in [4.69, 9.17) is 15.2 Å². The van der Waals surface area contributed by atoms with E-state index in [0.717, 1.165) is 16.8 Å². The molecule has 0 spiro atoms. The summed E-state index contributed by atoms with van der Waals surface area (Å²) >= 11 is 0. The molecule has 3 amide bonds. The van der Waals surface area contributed by atoms with Crippen LogP contribution in [0.1, 0.15) is 36.8 Å². The Kier molecular flexibility index (Phi) is 8.71. The number of nitrogens with zero attached hydrogens (tertiary/aromatic N) is 6. The maximum atomic E-state index is 13.3. The van der Waals surface area contributed by atoms with Crippen LogP contribution >= 0.6 is 0 Å². The van der Waals surface area contributed by atoms with E-state index < -0.39 is 17.6 Å². The number of rotatable bonds is 6. The number of hydrogen-bond donors (Lipinski definition) is 2. The van der Waals surface area contributed by atoms with Crippen molar-refractivity contribution < 1.29 is 23.9 Å². The quantitative estimate of drug-likeness (QED) is 0.439. The zero-order valence-corrected chi connectivity index (χ0v) is 24.6. The highest BCUT2D eigenvalue weighted by molar-refractivity contribution is 6.07. The lowest BCUT2D eigenvalue weighted by molar-refractivity contribution is -0.136. The number of pyridine rings is 1. The Balaban J connectivity index is 1.23. The summed E-state index contributed by atoms with van der Waals surface area (Å²) < 4.78 is 10.8. The van der Waals surface area contributed by atoms with Crippen LogP contribution < -0.4 is 16.0 Å². The van der Waals surface area contributed by atoms with E-state index in [-0.39, 0.29) is 24.0 Å². The van der Waals surface area contributed by atoms with Crippen LogP contribution in [0, 0.1) is 0 Å². The number of benzene rings is 1. The van der Waals surface area contributed by atoms with E-state index >= 15 is 0 Å². The number of amides is 3. The average molecular weight is 589 g/mol. The number of carbonyl (C=O) groups is 3. The second-order valence-corrected chi connectivity index (χ2v) is 11.3. The minimum atomic E-state index is -0.621. The summed E-state index contributed by atoms with van der Waals surface area (Å²) in [4.78, 5) is 56.5. The summed E-state index contributed by atoms with van der Waals surface area (Å²) in [6.07, 6.45) is 4.31. The molecule has 0 radical (unpaired) electrons. The number of piperazine rings is 1. The molecule has 13 nitrogen and oxygen atoms in total. The molecule has 2 aliphatic rings. The lowest BCUT2D eigenvalue weighted by atomic mass is 10.1. The van der Waals surface area contributed by atoms with Crippen LogP contribution in [0.15, 0.2) is 48.9 Å². The molecule has 0 saturated carbocycles. The van der Waals surface area contributed by atoms with E-state index in [1.807, 2.05) is 30.3 Å². The predicted molar refractivity (Wildman–Crippen MR) is 160 cm³/mol. The van der Waals surface area contributed by atoms with Gasteiger partial charge in [0.1, 0.15) is 12.1 Å². The van der Waals surface area contributed by atoms with Gasteiger partial charge in [-0.2, -0.15) is 0 Å². The van der Waals surface area contributed by atoms with Crippen LogP contribution in [0.25, 0.3) is 11.3 Å². The van der Waals surface area contributed by atoms with Gasteiger partial charge in [0.2, 0.25) is 5.91 Å². The summed E-state index contributed by atoms with van der Waals surface area (Å²) in [7, 11) is 0. The summed E-state index contributed by atoms with van der Waals surface area (Å²) in [5.41, 5.74) is 8.96. The van der Waals surface area contributed by atoms with Crippen molar-refractivity contribution in [1.82, 2.24) is 24.8 Å². The average Bonchev–Trinajstić information content (AvgIpc) is 2.98. The van der Waals surface area contributed by atoms with E-state index in [2.05, 4.69) is 25.2 Å². The Labute approximate surface area is 250 Å². The summed E-state index contributed by atoms with van der Waals surface area (Å²) in [6.45, 7) is 9.20. The lowest BCUT2D eigenvalue weighted by Gasteiger charge is -2.35. The van der Waals surface area contributed by atoms with Crippen molar-refractivity contribution in [2.45, 2.75) is 32.9 Å². The molecule has 0 unspecified atom stereocenters. The molecule has 0 aliphatic carbocycles. The highest BCUT2D eigenvalue weighted by atomic mass is 16.6. The van der Waals surface area contributed by atoms with Gasteiger partial charge in [0.25, 0.3) is 5.91 Å². The number of morpholine rings is 1. The molecule has 13 heteroatoms. The van der Waals surface area contributed by atoms with Gasteiger partial charge < -0.3 is 30.3 Å². The molecule has 2 aromatic heterocycles. The molecule has 0 bridgehead atoms. The zero-order valence-electron chi connectivity index (χ0n) is 24.6. The van der Waals surface area contributed by atoms with Gasteiger partial charge in [-0.1, -0.05) is 24.3 Å². The van der Waals surface area contributed by atoms with Crippen molar-refractivity contribution >= 4 is 35.1 Å². The molecule has 0 atom stereocenters. The minimum Gasteiger partial charge on any atom is -0.444 e. The molecule has 5 rings (SSSR count). The standard InChI is InChI=1S/C30H36N8O5/c1-30(2,3)43-29(41)38-11-10-37(25(39)19-38)18-20-4-6-21(7-5-20)22-17-33-27(31)26(34-22)28(40)35-23-16-32-9-8-24(23)36-12-14-42-15-13-36/h4-9,16-17H,10-15,18-19H2,1-3H3,(H2,31,33)(H,35,40). The summed E-state index contributed by atoms with van der Waals surface area (Å²) in [6, 6.07) is 9.35. The Morgan fingerprint density at radius 3 is 2.49 bits per heavy atom. The first-order chi connectivity index (χ1) is 20.6. The topological polar surface area (TPSA) is 156 Å². The molecule has 3 aromatic rings. The molecule has 226 valence electrons. The van der Waals surface area contributed by atoms with Gasteiger partial charge in [0.15, 0.2) is 11.5 Å². The molecule has 2 aliphatic heterocycles. The fourth-order valence-corrected chi connectivity index (χ4v) is 4.81. The van der Waals surface area contributed by atoms with Crippen LogP contribution in [0.3, 0.4) is 0 Å². The maximum absolute atomic E-state index is 13.3. The largest absolute Gasteiger partial charge is 0.444 e. The Bertz CT molecular complexity index is 1480. The van der Waals surface area contributed by atoms with Crippen molar-refractivity contribution in [2.24, 2.45) is 0 Å². The number of nitrogens with two attached hydrogens (primary N) is 1. The molecule has 2 fully saturated rings. The fraction of sp³-hybridized carbons (Fsp3) is 0.400. The minimum absolute atomic E-state index is 0.00631. The van der Waals surface area contributed by atoms with E-state index in [0.29, 0.717) is 57.3 Å². The number of ether oxygens (including phenoxy) is 2. The Morgan fingerprint density at radius 1 is 1.05 bits per heavy atom. The van der Waals surface area contributed by atoms with Crippen molar-refractivity contribution in [2.75, 3.05) is 61.9 Å². The number of nitrogen functional groups attached to an aromatic ring is 1. The second kappa shape index (κ2) is 12.6. The Morgan fingerprint density at radius 2 is 1.79 bits per heavy atom. The van der Waals surface area contributed by atoms with E-state index in [1.54, 1.807) is 38.1 Å². The van der Waals surface area contributed by atoms with Crippen molar-refractivity contribution in [3.05, 3.63) is 60.2 Å². The highest BCUT2D eigenvalue weighted by Crippen LogP contribution is 2.27. The van der Waals surface area contributed by atoms with Crippen LogP contribution in [0.4, 0.5) is 22.0 Å². The molecule has 4 heterocycles. The molecular weight excluding hydrogens is 552 g/mol. The fourth-order valence-electron chi connectivity index (χ4n) is 4.81.